The van der Waals surface area contributed by atoms with Crippen LogP contribution in [0.15, 0.2) is 82.7 Å². The Hall–Kier alpha value is -3.60. The van der Waals surface area contributed by atoms with Gasteiger partial charge in [-0.3, -0.25) is 0 Å². The van der Waals surface area contributed by atoms with Gasteiger partial charge in [-0.1, -0.05) is 30.0 Å². The Bertz CT molecular complexity index is 1060. The summed E-state index contributed by atoms with van der Waals surface area (Å²) in [5, 5.41) is 6.42. The standard InChI is InChI=1S/C20H17F3N6OS/c21-20(22,23)19-27-17(24)10-18(28-19)31-12-14(29-25)11-26-13-6-8-16(9-7-13)30-15-4-2-1-3-5-15/h1-11,25-26H,12H2,(H2,24,27,28)/b14-11-,29-25?. The van der Waals surface area contributed by atoms with Crippen LogP contribution in [-0.4, -0.2) is 15.7 Å². The van der Waals surface area contributed by atoms with E-state index >= 15 is 0 Å². The summed E-state index contributed by atoms with van der Waals surface area (Å²) in [6, 6.07) is 17.7. The molecule has 3 rings (SSSR count). The summed E-state index contributed by atoms with van der Waals surface area (Å²) in [4.78, 5) is 6.65. The number of rotatable bonds is 8. The Morgan fingerprint density at radius 2 is 1.77 bits per heavy atom. The minimum absolute atomic E-state index is 0.0387. The van der Waals surface area contributed by atoms with Crippen molar-refractivity contribution in [2.24, 2.45) is 5.11 Å². The lowest BCUT2D eigenvalue weighted by Crippen LogP contribution is -2.13. The number of hydrogen-bond acceptors (Lipinski definition) is 8. The van der Waals surface area contributed by atoms with Crippen molar-refractivity contribution in [2.45, 2.75) is 11.2 Å². The summed E-state index contributed by atoms with van der Waals surface area (Å²) in [6.07, 6.45) is -3.20. The van der Waals surface area contributed by atoms with Crippen LogP contribution < -0.4 is 15.8 Å². The monoisotopic (exact) mass is 446 g/mol. The molecule has 0 saturated heterocycles. The predicted octanol–water partition coefficient (Wildman–Crippen LogP) is 5.95. The fraction of sp³-hybridized carbons (Fsp3) is 0.100. The number of alkyl halides is 3. The zero-order valence-electron chi connectivity index (χ0n) is 15.9. The summed E-state index contributed by atoms with van der Waals surface area (Å²) in [5.41, 5.74) is 13.7. The van der Waals surface area contributed by atoms with Crippen LogP contribution in [0.25, 0.3) is 0 Å². The second kappa shape index (κ2) is 9.94. The van der Waals surface area contributed by atoms with Crippen molar-refractivity contribution in [3.8, 4) is 11.5 Å². The molecule has 1 heterocycles. The Labute approximate surface area is 180 Å². The lowest BCUT2D eigenvalue weighted by atomic mass is 10.3. The maximum atomic E-state index is 12.8. The molecule has 31 heavy (non-hydrogen) atoms. The minimum atomic E-state index is -4.69. The fourth-order valence-electron chi connectivity index (χ4n) is 2.31. The number of ether oxygens (including phenoxy) is 1. The van der Waals surface area contributed by atoms with E-state index in [2.05, 4.69) is 20.4 Å². The van der Waals surface area contributed by atoms with Crippen molar-refractivity contribution in [3.63, 3.8) is 0 Å². The van der Waals surface area contributed by atoms with Gasteiger partial charge in [0.1, 0.15) is 22.3 Å². The number of hydrogen-bond donors (Lipinski definition) is 3. The zero-order valence-corrected chi connectivity index (χ0v) is 16.7. The van der Waals surface area contributed by atoms with Gasteiger partial charge in [0.15, 0.2) is 0 Å². The Balaban J connectivity index is 1.60. The number of para-hydroxylation sites is 1. The number of anilines is 2. The molecule has 1 aromatic heterocycles. The van der Waals surface area contributed by atoms with E-state index in [1.165, 1.54) is 12.3 Å². The highest BCUT2D eigenvalue weighted by Gasteiger charge is 2.35. The molecule has 0 amide bonds. The van der Waals surface area contributed by atoms with E-state index < -0.39 is 12.0 Å². The van der Waals surface area contributed by atoms with Crippen LogP contribution in [0.5, 0.6) is 11.5 Å². The van der Waals surface area contributed by atoms with E-state index in [4.69, 9.17) is 16.0 Å². The third kappa shape index (κ3) is 6.71. The molecule has 0 saturated carbocycles. The summed E-state index contributed by atoms with van der Waals surface area (Å²) < 4.78 is 44.1. The van der Waals surface area contributed by atoms with Gasteiger partial charge in [0.05, 0.1) is 5.70 Å². The number of thioether (sulfide) groups is 1. The fourth-order valence-corrected chi connectivity index (χ4v) is 3.11. The van der Waals surface area contributed by atoms with Crippen molar-refractivity contribution in [2.75, 3.05) is 16.8 Å². The van der Waals surface area contributed by atoms with Crippen molar-refractivity contribution in [1.29, 1.82) is 5.53 Å². The van der Waals surface area contributed by atoms with Gasteiger partial charge in [-0.25, -0.2) is 15.5 Å². The number of nitrogens with two attached hydrogens (primary N) is 1. The van der Waals surface area contributed by atoms with Crippen molar-refractivity contribution in [1.82, 2.24) is 9.97 Å². The van der Waals surface area contributed by atoms with Crippen LogP contribution in [0, 0.1) is 5.53 Å². The molecule has 11 heteroatoms. The van der Waals surface area contributed by atoms with Crippen LogP contribution in [0.2, 0.25) is 0 Å². The average molecular weight is 446 g/mol. The van der Waals surface area contributed by atoms with Gasteiger partial charge < -0.3 is 15.8 Å². The van der Waals surface area contributed by atoms with Crippen molar-refractivity contribution < 1.29 is 17.9 Å². The smallest absolute Gasteiger partial charge is 0.451 e. The Morgan fingerprint density at radius 3 is 2.42 bits per heavy atom. The van der Waals surface area contributed by atoms with E-state index in [-0.39, 0.29) is 16.6 Å². The van der Waals surface area contributed by atoms with Crippen LogP contribution >= 0.6 is 11.8 Å². The van der Waals surface area contributed by atoms with Gasteiger partial charge in [-0.15, -0.1) is 0 Å². The molecule has 0 unspecified atom stereocenters. The molecule has 160 valence electrons. The van der Waals surface area contributed by atoms with Gasteiger partial charge >= 0.3 is 6.18 Å². The minimum Gasteiger partial charge on any atom is -0.457 e. The average Bonchev–Trinajstić information content (AvgIpc) is 2.75. The number of nitrogen functional groups attached to an aromatic ring is 1. The summed E-state index contributed by atoms with van der Waals surface area (Å²) in [6.45, 7) is 0. The van der Waals surface area contributed by atoms with Gasteiger partial charge in [-0.05, 0) is 36.4 Å². The van der Waals surface area contributed by atoms with Crippen LogP contribution in [0.4, 0.5) is 24.7 Å². The quantitative estimate of drug-likeness (QED) is 0.224. The van der Waals surface area contributed by atoms with E-state index in [1.807, 2.05) is 30.3 Å². The highest BCUT2D eigenvalue weighted by molar-refractivity contribution is 7.99. The van der Waals surface area contributed by atoms with Crippen LogP contribution in [0.1, 0.15) is 5.82 Å². The number of aromatic nitrogens is 2. The van der Waals surface area contributed by atoms with Gasteiger partial charge in [0, 0.05) is 23.7 Å². The molecule has 0 aliphatic heterocycles. The highest BCUT2D eigenvalue weighted by atomic mass is 32.2. The molecule has 3 aromatic rings. The molecule has 2 aromatic carbocycles. The largest absolute Gasteiger partial charge is 0.457 e. The number of benzene rings is 2. The molecule has 0 fully saturated rings. The van der Waals surface area contributed by atoms with Crippen molar-refractivity contribution >= 4 is 23.3 Å². The van der Waals surface area contributed by atoms with Gasteiger partial charge in [-0.2, -0.15) is 18.3 Å². The molecule has 0 spiro atoms. The molecular weight excluding hydrogens is 429 g/mol. The molecule has 0 aliphatic carbocycles. The molecule has 0 aliphatic rings. The van der Waals surface area contributed by atoms with Gasteiger partial charge in [0.2, 0.25) is 5.82 Å². The molecule has 0 bridgehead atoms. The van der Waals surface area contributed by atoms with Crippen molar-refractivity contribution in [3.05, 3.63) is 78.4 Å². The van der Waals surface area contributed by atoms with E-state index in [0.717, 1.165) is 23.2 Å². The first-order valence-electron chi connectivity index (χ1n) is 8.84. The van der Waals surface area contributed by atoms with E-state index in [0.29, 0.717) is 11.4 Å². The second-order valence-corrected chi connectivity index (χ2v) is 7.07. The van der Waals surface area contributed by atoms with Gasteiger partial charge in [0.25, 0.3) is 0 Å². The third-order valence-electron chi connectivity index (χ3n) is 3.73. The maximum Gasteiger partial charge on any atom is 0.451 e. The first kappa shape index (κ1) is 22.1. The maximum absolute atomic E-state index is 12.8. The summed E-state index contributed by atoms with van der Waals surface area (Å²) in [5.74, 6) is -0.106. The van der Waals surface area contributed by atoms with Crippen LogP contribution in [0.3, 0.4) is 0 Å². The van der Waals surface area contributed by atoms with E-state index in [1.54, 1.807) is 24.3 Å². The zero-order chi connectivity index (χ0) is 22.3. The molecule has 0 radical (unpaired) electrons. The molecule has 0 atom stereocenters. The number of nitrogens with zero attached hydrogens (tertiary/aromatic N) is 3. The topological polar surface area (TPSA) is 109 Å². The SMILES string of the molecule is N=N/C(=C\Nc1ccc(Oc2ccccc2)cc1)CSc1cc(N)nc(C(F)(F)F)n1. The number of halogens is 3. The predicted molar refractivity (Wildman–Crippen MR) is 112 cm³/mol. The lowest BCUT2D eigenvalue weighted by Gasteiger charge is -2.08. The Kier molecular flexibility index (Phi) is 7.08. The van der Waals surface area contributed by atoms with Crippen LogP contribution in [-0.2, 0) is 6.18 Å². The molecular formula is C20H17F3N6OS. The lowest BCUT2D eigenvalue weighted by molar-refractivity contribution is -0.145. The van der Waals surface area contributed by atoms with E-state index in [9.17, 15) is 13.2 Å². The Morgan fingerprint density at radius 1 is 1.10 bits per heavy atom. The first-order chi connectivity index (χ1) is 14.8. The number of nitrogens with one attached hydrogen (secondary N) is 2. The molecule has 4 N–H and O–H groups in total. The summed E-state index contributed by atoms with van der Waals surface area (Å²) in [7, 11) is 0. The third-order valence-corrected chi connectivity index (χ3v) is 4.67. The first-order valence-corrected chi connectivity index (χ1v) is 9.82. The highest BCUT2D eigenvalue weighted by Crippen LogP contribution is 2.29. The second-order valence-electron chi connectivity index (χ2n) is 6.07. The summed E-state index contributed by atoms with van der Waals surface area (Å²) >= 11 is 0.963. The molecule has 7 nitrogen and oxygen atoms in total. The normalized spacial score (nSPS) is 11.8.